The number of benzene rings is 2. The van der Waals surface area contributed by atoms with Crippen molar-refractivity contribution in [3.63, 3.8) is 0 Å². The van der Waals surface area contributed by atoms with Crippen molar-refractivity contribution in [2.75, 3.05) is 13.2 Å². The molecule has 0 radical (unpaired) electrons. The van der Waals surface area contributed by atoms with E-state index in [0.717, 1.165) is 18.7 Å². The fourth-order valence-corrected chi connectivity index (χ4v) is 3.67. The van der Waals surface area contributed by atoms with E-state index in [1.54, 1.807) is 0 Å². The van der Waals surface area contributed by atoms with Crippen LogP contribution in [0.4, 0.5) is 0 Å². The Balaban J connectivity index is 1.43. The normalized spacial score (nSPS) is 13.7. The van der Waals surface area contributed by atoms with E-state index in [1.807, 2.05) is 35.2 Å². The molecule has 0 spiro atoms. The van der Waals surface area contributed by atoms with Gasteiger partial charge in [-0.1, -0.05) is 36.4 Å². The number of aromatic nitrogens is 1. The fraction of sp³-hybridized carbons (Fsp3) is 0.286. The average molecular weight is 334 g/mol. The zero-order valence-corrected chi connectivity index (χ0v) is 14.4. The Hall–Kier alpha value is -2.75. The third-order valence-corrected chi connectivity index (χ3v) is 4.99. The average Bonchev–Trinajstić information content (AvgIpc) is 2.95. The summed E-state index contributed by atoms with van der Waals surface area (Å²) in [6.45, 7) is 1.89. The van der Waals surface area contributed by atoms with Gasteiger partial charge in [0, 0.05) is 48.7 Å². The number of amides is 1. The molecule has 1 aromatic heterocycles. The standard InChI is InChI=1S/C21H22N2O2/c1-22-19-10-6-5-9-17(19)18-15-23(13-11-20(18)22)21(24)12-14-25-16-7-3-2-4-8-16/h2-10H,11-15H2,1H3. The van der Waals surface area contributed by atoms with Gasteiger partial charge in [-0.15, -0.1) is 0 Å². The molecule has 0 atom stereocenters. The lowest BCUT2D eigenvalue weighted by atomic mass is 10.0. The number of nitrogens with zero attached hydrogens (tertiary/aromatic N) is 2. The number of hydrogen-bond donors (Lipinski definition) is 0. The van der Waals surface area contributed by atoms with Crippen molar-refractivity contribution >= 4 is 16.8 Å². The van der Waals surface area contributed by atoms with Crippen LogP contribution in [0.1, 0.15) is 17.7 Å². The molecule has 0 N–H and O–H groups in total. The number of ether oxygens (including phenoxy) is 1. The number of fused-ring (bicyclic) bond motifs is 3. The van der Waals surface area contributed by atoms with E-state index in [0.29, 0.717) is 19.6 Å². The van der Waals surface area contributed by atoms with E-state index in [1.165, 1.54) is 22.2 Å². The van der Waals surface area contributed by atoms with Crippen molar-refractivity contribution in [2.24, 2.45) is 7.05 Å². The van der Waals surface area contributed by atoms with Crippen LogP contribution < -0.4 is 4.74 Å². The summed E-state index contributed by atoms with van der Waals surface area (Å²) < 4.78 is 7.93. The molecule has 0 saturated carbocycles. The Morgan fingerprint density at radius 2 is 1.84 bits per heavy atom. The maximum absolute atomic E-state index is 12.6. The van der Waals surface area contributed by atoms with Gasteiger partial charge in [0.05, 0.1) is 13.0 Å². The topological polar surface area (TPSA) is 34.5 Å². The van der Waals surface area contributed by atoms with Gasteiger partial charge in [0.2, 0.25) is 5.91 Å². The van der Waals surface area contributed by atoms with Crippen molar-refractivity contribution in [1.29, 1.82) is 0 Å². The molecule has 3 aromatic rings. The first kappa shape index (κ1) is 15.8. The maximum Gasteiger partial charge on any atom is 0.226 e. The summed E-state index contributed by atoms with van der Waals surface area (Å²) in [7, 11) is 2.12. The molecule has 1 aliphatic rings. The summed E-state index contributed by atoms with van der Waals surface area (Å²) in [5, 5.41) is 1.26. The van der Waals surface area contributed by atoms with Crippen molar-refractivity contribution < 1.29 is 9.53 Å². The Bertz CT molecular complexity index is 899. The van der Waals surface area contributed by atoms with Gasteiger partial charge in [0.1, 0.15) is 5.75 Å². The molecule has 1 aliphatic heterocycles. The van der Waals surface area contributed by atoms with Crippen molar-refractivity contribution in [1.82, 2.24) is 9.47 Å². The minimum Gasteiger partial charge on any atom is -0.493 e. The second-order valence-electron chi connectivity index (χ2n) is 6.48. The van der Waals surface area contributed by atoms with Gasteiger partial charge in [-0.05, 0) is 18.2 Å². The van der Waals surface area contributed by atoms with E-state index < -0.39 is 0 Å². The first-order valence-corrected chi connectivity index (χ1v) is 8.75. The summed E-state index contributed by atoms with van der Waals surface area (Å²) in [5.74, 6) is 0.972. The van der Waals surface area contributed by atoms with E-state index in [2.05, 4.69) is 35.9 Å². The lowest BCUT2D eigenvalue weighted by Gasteiger charge is -2.28. The molecule has 25 heavy (non-hydrogen) atoms. The van der Waals surface area contributed by atoms with Crippen molar-refractivity contribution in [3.05, 3.63) is 65.9 Å². The molecule has 1 amide bonds. The van der Waals surface area contributed by atoms with Crippen LogP contribution in [-0.4, -0.2) is 28.5 Å². The number of carbonyl (C=O) groups is 1. The zero-order valence-electron chi connectivity index (χ0n) is 14.4. The second kappa shape index (κ2) is 6.63. The molecular weight excluding hydrogens is 312 g/mol. The minimum absolute atomic E-state index is 0.162. The highest BCUT2D eigenvalue weighted by atomic mass is 16.5. The molecule has 0 unspecified atom stereocenters. The number of hydrogen-bond acceptors (Lipinski definition) is 2. The van der Waals surface area contributed by atoms with Gasteiger partial charge in [-0.2, -0.15) is 0 Å². The number of carbonyl (C=O) groups excluding carboxylic acids is 1. The summed E-state index contributed by atoms with van der Waals surface area (Å²) in [4.78, 5) is 14.5. The first-order valence-electron chi connectivity index (χ1n) is 8.75. The smallest absolute Gasteiger partial charge is 0.226 e. The third kappa shape index (κ3) is 3.00. The summed E-state index contributed by atoms with van der Waals surface area (Å²) in [6.07, 6.45) is 1.32. The highest BCUT2D eigenvalue weighted by molar-refractivity contribution is 5.86. The van der Waals surface area contributed by atoms with E-state index in [-0.39, 0.29) is 5.91 Å². The molecule has 0 saturated heterocycles. The monoisotopic (exact) mass is 334 g/mol. The van der Waals surface area contributed by atoms with Gasteiger partial charge < -0.3 is 14.2 Å². The third-order valence-electron chi connectivity index (χ3n) is 4.99. The van der Waals surface area contributed by atoms with E-state index >= 15 is 0 Å². The number of aryl methyl sites for hydroxylation is 1. The molecule has 2 aromatic carbocycles. The SMILES string of the molecule is Cn1c2c(c3ccccc31)CN(C(=O)CCOc1ccccc1)CC2. The zero-order chi connectivity index (χ0) is 17.2. The predicted octanol–water partition coefficient (Wildman–Crippen LogP) is 3.53. The summed E-state index contributed by atoms with van der Waals surface area (Å²) in [5.41, 5.74) is 3.89. The molecule has 128 valence electrons. The number of rotatable bonds is 4. The van der Waals surface area contributed by atoms with Gasteiger partial charge in [0.15, 0.2) is 0 Å². The molecule has 0 aliphatic carbocycles. The van der Waals surface area contributed by atoms with Crippen LogP contribution in [0.2, 0.25) is 0 Å². The maximum atomic E-state index is 12.6. The minimum atomic E-state index is 0.162. The van der Waals surface area contributed by atoms with Crippen LogP contribution in [0.3, 0.4) is 0 Å². The van der Waals surface area contributed by atoms with E-state index in [4.69, 9.17) is 4.74 Å². The largest absolute Gasteiger partial charge is 0.493 e. The Morgan fingerprint density at radius 3 is 2.68 bits per heavy atom. The molecule has 4 rings (SSSR count). The Labute approximate surface area is 147 Å². The summed E-state index contributed by atoms with van der Waals surface area (Å²) >= 11 is 0. The lowest BCUT2D eigenvalue weighted by molar-refractivity contribution is -0.132. The van der Waals surface area contributed by atoms with Crippen LogP contribution in [0.5, 0.6) is 5.75 Å². The fourth-order valence-electron chi connectivity index (χ4n) is 3.67. The summed E-state index contributed by atoms with van der Waals surface area (Å²) in [6, 6.07) is 18.1. The molecule has 4 heteroatoms. The van der Waals surface area contributed by atoms with E-state index in [9.17, 15) is 4.79 Å². The van der Waals surface area contributed by atoms with Crippen molar-refractivity contribution in [2.45, 2.75) is 19.4 Å². The predicted molar refractivity (Wildman–Crippen MR) is 98.6 cm³/mol. The van der Waals surface area contributed by atoms with Gasteiger partial charge in [-0.25, -0.2) is 0 Å². The van der Waals surface area contributed by atoms with Crippen LogP contribution in [0, 0.1) is 0 Å². The first-order chi connectivity index (χ1) is 12.2. The highest BCUT2D eigenvalue weighted by Crippen LogP contribution is 2.30. The van der Waals surface area contributed by atoms with Crippen LogP contribution in [0.25, 0.3) is 10.9 Å². The second-order valence-corrected chi connectivity index (χ2v) is 6.48. The molecule has 0 bridgehead atoms. The molecule has 0 fully saturated rings. The quantitative estimate of drug-likeness (QED) is 0.731. The molecule has 2 heterocycles. The van der Waals surface area contributed by atoms with Gasteiger partial charge in [0.25, 0.3) is 0 Å². The Morgan fingerprint density at radius 1 is 1.08 bits per heavy atom. The van der Waals surface area contributed by atoms with Crippen LogP contribution >= 0.6 is 0 Å². The number of para-hydroxylation sites is 2. The van der Waals surface area contributed by atoms with Gasteiger partial charge in [-0.3, -0.25) is 4.79 Å². The highest BCUT2D eigenvalue weighted by Gasteiger charge is 2.25. The van der Waals surface area contributed by atoms with Crippen molar-refractivity contribution in [3.8, 4) is 5.75 Å². The van der Waals surface area contributed by atoms with Crippen LogP contribution in [-0.2, 0) is 24.8 Å². The Kier molecular flexibility index (Phi) is 4.18. The lowest BCUT2D eigenvalue weighted by Crippen LogP contribution is -2.36. The van der Waals surface area contributed by atoms with Crippen LogP contribution in [0.15, 0.2) is 54.6 Å². The molecule has 4 nitrogen and oxygen atoms in total. The molecular formula is C21H22N2O2. The van der Waals surface area contributed by atoms with Gasteiger partial charge >= 0.3 is 0 Å².